The molecule has 2 atom stereocenters. The summed E-state index contributed by atoms with van der Waals surface area (Å²) in [6.45, 7) is 0. The third-order valence-electron chi connectivity index (χ3n) is 2.02. The Morgan fingerprint density at radius 1 is 1.45 bits per heavy atom. The van der Waals surface area contributed by atoms with Gasteiger partial charge in [-0.1, -0.05) is 15.9 Å². The molecule has 5 heteroatoms. The van der Waals surface area contributed by atoms with E-state index in [0.29, 0.717) is 12.8 Å². The summed E-state index contributed by atoms with van der Waals surface area (Å²) in [5, 5.41) is 9.12. The number of hydrogen-bond acceptors (Lipinski definition) is 1. The van der Waals surface area contributed by atoms with Gasteiger partial charge >= 0.3 is 6.18 Å². The fourth-order valence-corrected chi connectivity index (χ4v) is 2.08. The highest BCUT2D eigenvalue weighted by Crippen LogP contribution is 2.46. The topological polar surface area (TPSA) is 20.2 Å². The van der Waals surface area contributed by atoms with Crippen LogP contribution >= 0.6 is 15.9 Å². The molecule has 0 aromatic rings. The van der Waals surface area contributed by atoms with Crippen molar-refractivity contribution in [3.63, 3.8) is 0 Å². The van der Waals surface area contributed by atoms with E-state index >= 15 is 0 Å². The lowest BCUT2D eigenvalue weighted by atomic mass is 10.0. The lowest BCUT2D eigenvalue weighted by Crippen LogP contribution is -2.48. The quantitative estimate of drug-likeness (QED) is 0.636. The van der Waals surface area contributed by atoms with Gasteiger partial charge in [-0.15, -0.1) is 0 Å². The van der Waals surface area contributed by atoms with Crippen LogP contribution in [-0.2, 0) is 0 Å². The van der Waals surface area contributed by atoms with Gasteiger partial charge in [0.15, 0.2) is 5.60 Å². The van der Waals surface area contributed by atoms with Crippen molar-refractivity contribution in [3.8, 4) is 0 Å². The first-order valence-corrected chi connectivity index (χ1v) is 4.22. The van der Waals surface area contributed by atoms with Crippen molar-refractivity contribution >= 4 is 15.9 Å². The zero-order chi connectivity index (χ0) is 8.70. The van der Waals surface area contributed by atoms with Gasteiger partial charge in [0, 0.05) is 0 Å². The Bertz CT molecular complexity index is 158. The van der Waals surface area contributed by atoms with Crippen LogP contribution < -0.4 is 0 Å². The summed E-state index contributed by atoms with van der Waals surface area (Å²) in [6, 6.07) is 0. The first-order valence-electron chi connectivity index (χ1n) is 3.31. The summed E-state index contributed by atoms with van der Waals surface area (Å²) in [5.74, 6) is 0. The monoisotopic (exact) mass is 232 g/mol. The predicted molar refractivity (Wildman–Crippen MR) is 37.6 cm³/mol. The van der Waals surface area contributed by atoms with Gasteiger partial charge < -0.3 is 5.11 Å². The molecule has 1 saturated carbocycles. The van der Waals surface area contributed by atoms with E-state index in [-0.39, 0.29) is 6.42 Å². The molecule has 11 heavy (non-hydrogen) atoms. The van der Waals surface area contributed by atoms with Crippen molar-refractivity contribution in [1.82, 2.24) is 0 Å². The van der Waals surface area contributed by atoms with E-state index in [0.717, 1.165) is 0 Å². The summed E-state index contributed by atoms with van der Waals surface area (Å²) in [5.41, 5.74) is -2.49. The fourth-order valence-electron chi connectivity index (χ4n) is 1.27. The average molecular weight is 233 g/mol. The maximum atomic E-state index is 12.1. The number of alkyl halides is 4. The molecule has 0 amide bonds. The molecular formula is C6H8BrF3O. The maximum absolute atomic E-state index is 12.1. The molecule has 0 bridgehead atoms. The molecule has 1 aliphatic carbocycles. The van der Waals surface area contributed by atoms with Crippen LogP contribution in [0.15, 0.2) is 0 Å². The summed E-state index contributed by atoms with van der Waals surface area (Å²) < 4.78 is 36.3. The number of hydrogen-bond donors (Lipinski definition) is 1. The molecule has 0 spiro atoms. The van der Waals surface area contributed by atoms with Crippen LogP contribution in [-0.4, -0.2) is 21.7 Å². The normalized spacial score (nSPS) is 39.5. The first kappa shape index (κ1) is 9.32. The lowest BCUT2D eigenvalue weighted by Gasteiger charge is -2.28. The van der Waals surface area contributed by atoms with E-state index in [2.05, 4.69) is 15.9 Å². The standard InChI is InChI=1S/C6H8BrF3O/c7-4-2-1-3-5(4,11)6(8,9)10/h4,11H,1-3H2. The zero-order valence-corrected chi connectivity index (χ0v) is 7.24. The Kier molecular flexibility index (Phi) is 2.22. The average Bonchev–Trinajstić information content (AvgIpc) is 2.12. The van der Waals surface area contributed by atoms with Gasteiger partial charge in [-0.05, 0) is 19.3 Å². The highest BCUT2D eigenvalue weighted by molar-refractivity contribution is 9.09. The van der Waals surface area contributed by atoms with Gasteiger partial charge in [-0.3, -0.25) is 0 Å². The van der Waals surface area contributed by atoms with Crippen molar-refractivity contribution < 1.29 is 18.3 Å². The van der Waals surface area contributed by atoms with Gasteiger partial charge in [0.2, 0.25) is 0 Å². The second-order valence-corrected chi connectivity index (χ2v) is 3.89. The molecule has 0 aliphatic heterocycles. The van der Waals surface area contributed by atoms with Crippen LogP contribution in [0.2, 0.25) is 0 Å². The smallest absolute Gasteiger partial charge is 0.379 e. The molecule has 1 aliphatic rings. The molecular weight excluding hydrogens is 225 g/mol. The summed E-state index contributed by atoms with van der Waals surface area (Å²) in [7, 11) is 0. The summed E-state index contributed by atoms with van der Waals surface area (Å²) >= 11 is 2.83. The van der Waals surface area contributed by atoms with E-state index in [1.54, 1.807) is 0 Å². The molecule has 1 fully saturated rings. The second kappa shape index (κ2) is 2.62. The van der Waals surface area contributed by atoms with Crippen LogP contribution in [0.25, 0.3) is 0 Å². The van der Waals surface area contributed by atoms with Gasteiger partial charge in [-0.2, -0.15) is 13.2 Å². The van der Waals surface area contributed by atoms with Crippen molar-refractivity contribution in [2.45, 2.75) is 35.9 Å². The fraction of sp³-hybridized carbons (Fsp3) is 1.00. The molecule has 1 rings (SSSR count). The minimum Gasteiger partial charge on any atom is -0.379 e. The minimum atomic E-state index is -4.50. The van der Waals surface area contributed by atoms with Gasteiger partial charge in [0.25, 0.3) is 0 Å². The molecule has 0 aromatic carbocycles. The first-order chi connectivity index (χ1) is 4.88. The minimum absolute atomic E-state index is 0.188. The van der Waals surface area contributed by atoms with Crippen LogP contribution in [0, 0.1) is 0 Å². The SMILES string of the molecule is OC1(C(F)(F)F)CCCC1Br. The van der Waals surface area contributed by atoms with Crippen molar-refractivity contribution in [2.24, 2.45) is 0 Å². The van der Waals surface area contributed by atoms with Gasteiger partial charge in [-0.25, -0.2) is 0 Å². The Morgan fingerprint density at radius 3 is 2.18 bits per heavy atom. The van der Waals surface area contributed by atoms with E-state index in [4.69, 9.17) is 5.11 Å². The number of halogens is 4. The maximum Gasteiger partial charge on any atom is 0.418 e. The van der Waals surface area contributed by atoms with Crippen molar-refractivity contribution in [2.75, 3.05) is 0 Å². The Hall–Kier alpha value is 0.230. The van der Waals surface area contributed by atoms with Gasteiger partial charge in [0.05, 0.1) is 4.83 Å². The van der Waals surface area contributed by atoms with E-state index in [1.165, 1.54) is 0 Å². The lowest BCUT2D eigenvalue weighted by molar-refractivity contribution is -0.254. The second-order valence-electron chi connectivity index (χ2n) is 2.78. The third kappa shape index (κ3) is 1.40. The summed E-state index contributed by atoms with van der Waals surface area (Å²) in [6.07, 6.45) is -3.88. The molecule has 0 heterocycles. The predicted octanol–water partition coefficient (Wildman–Crippen LogP) is 2.23. The van der Waals surface area contributed by atoms with E-state index < -0.39 is 16.6 Å². The van der Waals surface area contributed by atoms with Crippen molar-refractivity contribution in [3.05, 3.63) is 0 Å². The Morgan fingerprint density at radius 2 is 2.00 bits per heavy atom. The van der Waals surface area contributed by atoms with Gasteiger partial charge in [0.1, 0.15) is 0 Å². The largest absolute Gasteiger partial charge is 0.418 e. The molecule has 1 N–H and O–H groups in total. The van der Waals surface area contributed by atoms with Crippen LogP contribution in [0.5, 0.6) is 0 Å². The van der Waals surface area contributed by atoms with Crippen LogP contribution in [0.1, 0.15) is 19.3 Å². The van der Waals surface area contributed by atoms with E-state index in [1.807, 2.05) is 0 Å². The highest BCUT2D eigenvalue weighted by Gasteiger charge is 2.59. The number of aliphatic hydroxyl groups is 1. The van der Waals surface area contributed by atoms with Crippen LogP contribution in [0.3, 0.4) is 0 Å². The molecule has 66 valence electrons. The molecule has 1 nitrogen and oxygen atoms in total. The molecule has 0 saturated heterocycles. The summed E-state index contributed by atoms with van der Waals surface area (Å²) in [4.78, 5) is -0.838. The van der Waals surface area contributed by atoms with E-state index in [9.17, 15) is 13.2 Å². The molecule has 0 radical (unpaired) electrons. The zero-order valence-electron chi connectivity index (χ0n) is 5.66. The third-order valence-corrected chi connectivity index (χ3v) is 3.24. The van der Waals surface area contributed by atoms with Crippen LogP contribution in [0.4, 0.5) is 13.2 Å². The Balaban J connectivity index is 2.81. The van der Waals surface area contributed by atoms with Crippen molar-refractivity contribution in [1.29, 1.82) is 0 Å². The molecule has 0 aromatic heterocycles. The number of rotatable bonds is 0. The molecule has 2 unspecified atom stereocenters. The Labute approximate surface area is 70.7 Å². The highest BCUT2D eigenvalue weighted by atomic mass is 79.9.